The van der Waals surface area contributed by atoms with Gasteiger partial charge in [0.25, 0.3) is 5.91 Å². The van der Waals surface area contributed by atoms with E-state index < -0.39 is 5.82 Å². The van der Waals surface area contributed by atoms with Crippen LogP contribution in [0.5, 0.6) is 0 Å². The van der Waals surface area contributed by atoms with Gasteiger partial charge >= 0.3 is 0 Å². The first-order valence-electron chi connectivity index (χ1n) is 8.04. The van der Waals surface area contributed by atoms with Crippen LogP contribution < -0.4 is 4.90 Å². The molecule has 7 heteroatoms. The molecular weight excluding hydrogens is 373 g/mol. The molecule has 0 N–H and O–H groups in total. The van der Waals surface area contributed by atoms with Crippen LogP contribution in [0.4, 0.5) is 9.52 Å². The third kappa shape index (κ3) is 4.20. The van der Waals surface area contributed by atoms with E-state index in [2.05, 4.69) is 4.98 Å². The number of aryl methyl sites for hydroxylation is 1. The second kappa shape index (κ2) is 8.58. The summed E-state index contributed by atoms with van der Waals surface area (Å²) in [7, 11) is 3.88. The number of carbonyl (C=O) groups excluding carboxylic acids is 1. The lowest BCUT2D eigenvalue weighted by atomic mass is 10.2. The second-order valence-electron chi connectivity index (χ2n) is 6.16. The maximum absolute atomic E-state index is 14.1. The van der Waals surface area contributed by atoms with E-state index in [1.54, 1.807) is 17.0 Å². The van der Waals surface area contributed by atoms with Crippen LogP contribution in [0.3, 0.4) is 0 Å². The summed E-state index contributed by atoms with van der Waals surface area (Å²) in [6.07, 6.45) is 0. The summed E-state index contributed by atoms with van der Waals surface area (Å²) < 4.78 is 15.1. The van der Waals surface area contributed by atoms with Gasteiger partial charge in [0.15, 0.2) is 5.13 Å². The summed E-state index contributed by atoms with van der Waals surface area (Å²) in [6.45, 7) is 3.10. The molecule has 0 saturated carbocycles. The van der Waals surface area contributed by atoms with Crippen LogP contribution in [0.2, 0.25) is 0 Å². The van der Waals surface area contributed by atoms with Crippen molar-refractivity contribution in [2.45, 2.75) is 6.92 Å². The number of nitrogens with zero attached hydrogens (tertiary/aromatic N) is 3. The van der Waals surface area contributed by atoms with Crippen LogP contribution in [0.15, 0.2) is 42.5 Å². The van der Waals surface area contributed by atoms with Gasteiger partial charge in [0.2, 0.25) is 0 Å². The van der Waals surface area contributed by atoms with E-state index in [-0.39, 0.29) is 23.9 Å². The largest absolute Gasteiger partial charge is 0.308 e. The molecule has 4 nitrogen and oxygen atoms in total. The van der Waals surface area contributed by atoms with E-state index in [1.807, 2.05) is 44.1 Å². The fourth-order valence-electron chi connectivity index (χ4n) is 2.55. The Hall–Kier alpha value is -2.02. The SMILES string of the molecule is Cc1cccc2sc(N(CCN(C)C)C(=O)c3ccccc3F)nc12.Cl. The maximum Gasteiger partial charge on any atom is 0.263 e. The molecule has 0 fully saturated rings. The van der Waals surface area contributed by atoms with Crippen LogP contribution in [0.25, 0.3) is 10.2 Å². The molecule has 2 aromatic carbocycles. The lowest BCUT2D eigenvalue weighted by Gasteiger charge is -2.22. The fourth-order valence-corrected chi connectivity index (χ4v) is 3.62. The van der Waals surface area contributed by atoms with Crippen molar-refractivity contribution in [1.82, 2.24) is 9.88 Å². The summed E-state index contributed by atoms with van der Waals surface area (Å²) >= 11 is 1.45. The predicted octanol–water partition coefficient (Wildman–Crippen LogP) is 4.37. The number of anilines is 1. The Morgan fingerprint density at radius 1 is 1.12 bits per heavy atom. The molecule has 0 aliphatic rings. The molecule has 138 valence electrons. The first-order chi connectivity index (χ1) is 12.0. The number of fused-ring (bicyclic) bond motifs is 1. The average Bonchev–Trinajstić information content (AvgIpc) is 3.00. The van der Waals surface area contributed by atoms with Gasteiger partial charge in [0, 0.05) is 13.1 Å². The molecular formula is C19H21ClFN3OS. The lowest BCUT2D eigenvalue weighted by Crippen LogP contribution is -2.37. The maximum atomic E-state index is 14.1. The summed E-state index contributed by atoms with van der Waals surface area (Å²) in [4.78, 5) is 21.2. The standard InChI is InChI=1S/C19H20FN3OS.ClH/c1-13-7-6-10-16-17(13)21-19(25-16)23(12-11-22(2)3)18(24)14-8-4-5-9-15(14)20;/h4-10H,11-12H2,1-3H3;1H. The van der Waals surface area contributed by atoms with Crippen LogP contribution >= 0.6 is 23.7 Å². The number of thiazole rings is 1. The molecule has 0 radical (unpaired) electrons. The van der Waals surface area contributed by atoms with E-state index >= 15 is 0 Å². The van der Waals surface area contributed by atoms with E-state index in [9.17, 15) is 9.18 Å². The van der Waals surface area contributed by atoms with E-state index in [0.717, 1.165) is 15.8 Å². The number of hydrogen-bond acceptors (Lipinski definition) is 4. The van der Waals surface area contributed by atoms with Crippen molar-refractivity contribution in [2.24, 2.45) is 0 Å². The van der Waals surface area contributed by atoms with Gasteiger partial charge in [-0.05, 0) is 44.8 Å². The molecule has 26 heavy (non-hydrogen) atoms. The minimum Gasteiger partial charge on any atom is -0.308 e. The zero-order valence-electron chi connectivity index (χ0n) is 14.9. The van der Waals surface area contributed by atoms with Crippen molar-refractivity contribution in [1.29, 1.82) is 0 Å². The highest BCUT2D eigenvalue weighted by Gasteiger charge is 2.23. The monoisotopic (exact) mass is 393 g/mol. The molecule has 3 aromatic rings. The number of amides is 1. The van der Waals surface area contributed by atoms with Crippen LogP contribution in [-0.2, 0) is 0 Å². The predicted molar refractivity (Wildman–Crippen MR) is 108 cm³/mol. The number of benzene rings is 2. The van der Waals surface area contributed by atoms with Crippen LogP contribution in [-0.4, -0.2) is 43.0 Å². The first kappa shape index (κ1) is 20.3. The molecule has 1 heterocycles. The first-order valence-corrected chi connectivity index (χ1v) is 8.86. The molecule has 0 spiro atoms. The highest BCUT2D eigenvalue weighted by atomic mass is 35.5. The Morgan fingerprint density at radius 3 is 2.50 bits per heavy atom. The Morgan fingerprint density at radius 2 is 1.85 bits per heavy atom. The van der Waals surface area contributed by atoms with Crippen molar-refractivity contribution in [2.75, 3.05) is 32.1 Å². The number of halogens is 2. The molecule has 0 atom stereocenters. The Labute approximate surface area is 162 Å². The van der Waals surface area contributed by atoms with Crippen molar-refractivity contribution in [3.05, 3.63) is 59.4 Å². The number of aromatic nitrogens is 1. The molecule has 0 saturated heterocycles. The third-order valence-electron chi connectivity index (χ3n) is 3.96. The Bertz CT molecular complexity index is 913. The molecule has 0 unspecified atom stereocenters. The van der Waals surface area contributed by atoms with Crippen LogP contribution in [0, 0.1) is 12.7 Å². The Kier molecular flexibility index (Phi) is 6.69. The van der Waals surface area contributed by atoms with Gasteiger partial charge in [-0.1, -0.05) is 35.6 Å². The zero-order chi connectivity index (χ0) is 18.0. The Balaban J connectivity index is 0.00000243. The second-order valence-corrected chi connectivity index (χ2v) is 7.17. The number of hydrogen-bond donors (Lipinski definition) is 0. The van der Waals surface area contributed by atoms with Gasteiger partial charge in [-0.2, -0.15) is 0 Å². The van der Waals surface area contributed by atoms with Gasteiger partial charge in [-0.15, -0.1) is 12.4 Å². The van der Waals surface area contributed by atoms with E-state index in [4.69, 9.17) is 0 Å². The molecule has 1 amide bonds. The molecule has 0 bridgehead atoms. The topological polar surface area (TPSA) is 36.4 Å². The highest BCUT2D eigenvalue weighted by Crippen LogP contribution is 2.31. The molecule has 0 aliphatic carbocycles. The quantitative estimate of drug-likeness (QED) is 0.645. The van der Waals surface area contributed by atoms with Crippen LogP contribution in [0.1, 0.15) is 15.9 Å². The van der Waals surface area contributed by atoms with Gasteiger partial charge < -0.3 is 4.90 Å². The van der Waals surface area contributed by atoms with Crippen molar-refractivity contribution >= 4 is 45.0 Å². The smallest absolute Gasteiger partial charge is 0.263 e. The van der Waals surface area contributed by atoms with Gasteiger partial charge in [-0.25, -0.2) is 9.37 Å². The summed E-state index contributed by atoms with van der Waals surface area (Å²) in [5, 5.41) is 0.597. The van der Waals surface area contributed by atoms with Gasteiger partial charge in [0.1, 0.15) is 5.82 Å². The average molecular weight is 394 g/mol. The number of likely N-dealkylation sites (N-methyl/N-ethyl adjacent to an activating group) is 1. The van der Waals surface area contributed by atoms with E-state index in [0.29, 0.717) is 18.2 Å². The lowest BCUT2D eigenvalue weighted by molar-refractivity contribution is 0.0981. The zero-order valence-corrected chi connectivity index (χ0v) is 16.5. The fraction of sp³-hybridized carbons (Fsp3) is 0.263. The molecule has 1 aromatic heterocycles. The van der Waals surface area contributed by atoms with E-state index in [1.165, 1.54) is 23.5 Å². The van der Waals surface area contributed by atoms with Crippen molar-refractivity contribution in [3.8, 4) is 0 Å². The van der Waals surface area contributed by atoms with Crippen molar-refractivity contribution in [3.63, 3.8) is 0 Å². The number of carbonyl (C=O) groups is 1. The molecule has 0 aliphatic heterocycles. The number of rotatable bonds is 5. The highest BCUT2D eigenvalue weighted by molar-refractivity contribution is 7.22. The van der Waals surface area contributed by atoms with Gasteiger partial charge in [0.05, 0.1) is 15.8 Å². The minimum absolute atomic E-state index is 0. The normalized spacial score (nSPS) is 10.8. The molecule has 3 rings (SSSR count). The third-order valence-corrected chi connectivity index (χ3v) is 5.00. The van der Waals surface area contributed by atoms with Crippen molar-refractivity contribution < 1.29 is 9.18 Å². The summed E-state index contributed by atoms with van der Waals surface area (Å²) in [6, 6.07) is 12.0. The minimum atomic E-state index is -0.514. The summed E-state index contributed by atoms with van der Waals surface area (Å²) in [5.41, 5.74) is 2.02. The van der Waals surface area contributed by atoms with Gasteiger partial charge in [-0.3, -0.25) is 9.69 Å². The number of para-hydroxylation sites is 1. The summed E-state index contributed by atoms with van der Waals surface area (Å²) in [5.74, 6) is -0.878.